The van der Waals surface area contributed by atoms with Crippen LogP contribution in [0, 0.1) is 12.7 Å². The van der Waals surface area contributed by atoms with Gasteiger partial charge in [0, 0.05) is 5.69 Å². The van der Waals surface area contributed by atoms with Gasteiger partial charge in [0.15, 0.2) is 17.6 Å². The van der Waals surface area contributed by atoms with Crippen molar-refractivity contribution in [3.05, 3.63) is 66.8 Å². The zero-order valence-corrected chi connectivity index (χ0v) is 12.8. The van der Waals surface area contributed by atoms with E-state index in [0.29, 0.717) is 11.3 Å². The Morgan fingerprint density at radius 3 is 2.87 bits per heavy atom. The summed E-state index contributed by atoms with van der Waals surface area (Å²) in [6.45, 7) is 5.58. The second-order valence-electron chi connectivity index (χ2n) is 5.33. The number of nitrogens with zero attached hydrogens (tertiary/aromatic N) is 2. The molecule has 1 N–H and O–H groups in total. The molecule has 1 aromatic heterocycles. The molecule has 4 nitrogen and oxygen atoms in total. The molecule has 23 heavy (non-hydrogen) atoms. The van der Waals surface area contributed by atoms with Crippen molar-refractivity contribution in [2.45, 2.75) is 13.5 Å². The minimum Gasteiger partial charge on any atom is -0.323 e. The van der Waals surface area contributed by atoms with Gasteiger partial charge in [-0.25, -0.2) is 13.5 Å². The summed E-state index contributed by atoms with van der Waals surface area (Å²) in [5.74, 6) is -0.552. The van der Waals surface area contributed by atoms with Gasteiger partial charge in [0.2, 0.25) is 6.33 Å². The summed E-state index contributed by atoms with van der Waals surface area (Å²) in [5, 5.41) is 2.72. The number of amides is 1. The molecule has 1 amide bonds. The standard InChI is InChI=1S/C18H16FN3O/c1-3-21-12-22(17-7-5-4-6-16(17)21)11-18(23)20-14-9-8-13(2)15(19)10-14/h3-10,12H,1,11H2,2H3/p+1. The molecule has 5 heteroatoms. The van der Waals surface area contributed by atoms with E-state index in [2.05, 4.69) is 11.9 Å². The van der Waals surface area contributed by atoms with E-state index in [1.54, 1.807) is 25.3 Å². The zero-order valence-electron chi connectivity index (χ0n) is 12.8. The molecule has 0 aliphatic heterocycles. The first kappa shape index (κ1) is 15.0. The molecule has 116 valence electrons. The lowest BCUT2D eigenvalue weighted by Crippen LogP contribution is -2.39. The summed E-state index contributed by atoms with van der Waals surface area (Å²) in [6.07, 6.45) is 3.50. The highest BCUT2D eigenvalue weighted by atomic mass is 19.1. The monoisotopic (exact) mass is 310 g/mol. The first-order valence-corrected chi connectivity index (χ1v) is 7.26. The molecule has 0 saturated carbocycles. The van der Waals surface area contributed by atoms with E-state index in [1.165, 1.54) is 6.07 Å². The smallest absolute Gasteiger partial charge is 0.266 e. The van der Waals surface area contributed by atoms with Crippen molar-refractivity contribution in [2.75, 3.05) is 5.32 Å². The van der Waals surface area contributed by atoms with E-state index < -0.39 is 0 Å². The van der Waals surface area contributed by atoms with Crippen molar-refractivity contribution in [1.29, 1.82) is 0 Å². The summed E-state index contributed by atoms with van der Waals surface area (Å²) in [5.41, 5.74) is 2.90. The van der Waals surface area contributed by atoms with Crippen LogP contribution in [-0.4, -0.2) is 10.5 Å². The van der Waals surface area contributed by atoms with Gasteiger partial charge in [-0.2, -0.15) is 0 Å². The number of anilines is 1. The van der Waals surface area contributed by atoms with E-state index in [0.717, 1.165) is 11.0 Å². The highest BCUT2D eigenvalue weighted by Gasteiger charge is 2.16. The Bertz CT molecular complexity index is 898. The molecule has 0 spiro atoms. The van der Waals surface area contributed by atoms with Crippen LogP contribution in [0.15, 0.2) is 55.4 Å². The third-order valence-corrected chi connectivity index (χ3v) is 3.70. The van der Waals surface area contributed by atoms with Gasteiger partial charge in [0.25, 0.3) is 5.91 Å². The fourth-order valence-electron chi connectivity index (χ4n) is 2.50. The van der Waals surface area contributed by atoms with Crippen LogP contribution >= 0.6 is 0 Å². The lowest BCUT2D eigenvalue weighted by atomic mass is 10.2. The van der Waals surface area contributed by atoms with Gasteiger partial charge < -0.3 is 5.32 Å². The molecule has 0 bridgehead atoms. The highest BCUT2D eigenvalue weighted by molar-refractivity contribution is 5.90. The lowest BCUT2D eigenvalue weighted by Gasteiger charge is -2.05. The fourth-order valence-corrected chi connectivity index (χ4v) is 2.50. The molecule has 0 aliphatic carbocycles. The number of nitrogens with one attached hydrogen (secondary N) is 1. The van der Waals surface area contributed by atoms with Crippen molar-refractivity contribution in [2.24, 2.45) is 0 Å². The second kappa shape index (κ2) is 6.04. The van der Waals surface area contributed by atoms with Crippen LogP contribution in [0.5, 0.6) is 0 Å². The average molecular weight is 310 g/mol. The third-order valence-electron chi connectivity index (χ3n) is 3.70. The minimum absolute atomic E-state index is 0.136. The molecule has 0 aliphatic rings. The number of carbonyl (C=O) groups is 1. The van der Waals surface area contributed by atoms with Crippen molar-refractivity contribution >= 4 is 28.8 Å². The Morgan fingerprint density at radius 2 is 2.13 bits per heavy atom. The number of hydrogen-bond acceptors (Lipinski definition) is 1. The van der Waals surface area contributed by atoms with E-state index in [1.807, 2.05) is 39.7 Å². The Labute approximate surface area is 133 Å². The number of aromatic nitrogens is 2. The zero-order chi connectivity index (χ0) is 16.4. The van der Waals surface area contributed by atoms with E-state index in [-0.39, 0.29) is 18.3 Å². The number of benzene rings is 2. The van der Waals surface area contributed by atoms with Gasteiger partial charge in [-0.3, -0.25) is 4.79 Å². The number of rotatable bonds is 4. The summed E-state index contributed by atoms with van der Waals surface area (Å²) in [4.78, 5) is 12.2. The van der Waals surface area contributed by atoms with Crippen molar-refractivity contribution in [1.82, 2.24) is 4.57 Å². The van der Waals surface area contributed by atoms with Crippen LogP contribution in [-0.2, 0) is 11.3 Å². The van der Waals surface area contributed by atoms with Crippen LogP contribution in [0.2, 0.25) is 0 Å². The second-order valence-corrected chi connectivity index (χ2v) is 5.33. The fraction of sp³-hybridized carbons (Fsp3) is 0.111. The largest absolute Gasteiger partial charge is 0.323 e. The number of halogens is 1. The number of hydrogen-bond donors (Lipinski definition) is 1. The maximum absolute atomic E-state index is 13.5. The van der Waals surface area contributed by atoms with Gasteiger partial charge in [0.1, 0.15) is 5.82 Å². The van der Waals surface area contributed by atoms with E-state index >= 15 is 0 Å². The molecule has 0 fully saturated rings. The minimum atomic E-state index is -0.335. The van der Waals surface area contributed by atoms with Crippen molar-refractivity contribution < 1.29 is 13.8 Å². The number of imidazole rings is 1. The van der Waals surface area contributed by atoms with Crippen molar-refractivity contribution in [3.63, 3.8) is 0 Å². The Kier molecular flexibility index (Phi) is 3.93. The molecule has 0 saturated heterocycles. The van der Waals surface area contributed by atoms with Gasteiger partial charge in [-0.05, 0) is 36.8 Å². The van der Waals surface area contributed by atoms with Crippen LogP contribution < -0.4 is 9.88 Å². The predicted octanol–water partition coefficient (Wildman–Crippen LogP) is 3.12. The predicted molar refractivity (Wildman–Crippen MR) is 88.3 cm³/mol. The molecule has 0 radical (unpaired) electrons. The molecule has 2 aromatic carbocycles. The molecular formula is C18H17FN3O+. The van der Waals surface area contributed by atoms with Crippen LogP contribution in [0.4, 0.5) is 10.1 Å². The van der Waals surface area contributed by atoms with E-state index in [4.69, 9.17) is 0 Å². The first-order chi connectivity index (χ1) is 11.1. The van der Waals surface area contributed by atoms with Crippen molar-refractivity contribution in [3.8, 4) is 0 Å². The summed E-state index contributed by atoms with van der Waals surface area (Å²) in [7, 11) is 0. The van der Waals surface area contributed by atoms with Crippen LogP contribution in [0.25, 0.3) is 17.2 Å². The Morgan fingerprint density at radius 1 is 1.35 bits per heavy atom. The quantitative estimate of drug-likeness (QED) is 0.739. The summed E-state index contributed by atoms with van der Waals surface area (Å²) in [6, 6.07) is 12.4. The Balaban J connectivity index is 1.83. The SMILES string of the molecule is C=Cn1c[n+](CC(=O)Nc2ccc(C)c(F)c2)c2ccccc21. The maximum atomic E-state index is 13.5. The van der Waals surface area contributed by atoms with Crippen LogP contribution in [0.1, 0.15) is 5.56 Å². The third kappa shape index (κ3) is 2.99. The Hall–Kier alpha value is -2.95. The van der Waals surface area contributed by atoms with Gasteiger partial charge in [-0.1, -0.05) is 24.8 Å². The topological polar surface area (TPSA) is 37.9 Å². The number of fused-ring (bicyclic) bond motifs is 1. The highest BCUT2D eigenvalue weighted by Crippen LogP contribution is 2.14. The molecule has 3 aromatic rings. The summed E-state index contributed by atoms with van der Waals surface area (Å²) < 4.78 is 17.2. The number of para-hydroxylation sites is 2. The normalized spacial score (nSPS) is 10.7. The van der Waals surface area contributed by atoms with Gasteiger partial charge in [-0.15, -0.1) is 0 Å². The first-order valence-electron chi connectivity index (χ1n) is 7.26. The molecule has 1 heterocycles. The molecule has 0 unspecified atom stereocenters. The lowest BCUT2D eigenvalue weighted by molar-refractivity contribution is -0.658. The molecule has 3 rings (SSSR count). The number of aryl methyl sites for hydroxylation is 1. The van der Waals surface area contributed by atoms with Gasteiger partial charge >= 0.3 is 0 Å². The van der Waals surface area contributed by atoms with E-state index in [9.17, 15) is 9.18 Å². The maximum Gasteiger partial charge on any atom is 0.266 e. The molecular weight excluding hydrogens is 293 g/mol. The van der Waals surface area contributed by atoms with Gasteiger partial charge in [0.05, 0.1) is 6.20 Å². The average Bonchev–Trinajstić information content (AvgIpc) is 2.89. The summed E-state index contributed by atoms with van der Waals surface area (Å²) >= 11 is 0. The van der Waals surface area contributed by atoms with Crippen LogP contribution in [0.3, 0.4) is 0 Å². The number of carbonyl (C=O) groups excluding carboxylic acids is 1. The molecule has 0 atom stereocenters.